The number of hydrogen-bond acceptors (Lipinski definition) is 4. The summed E-state index contributed by atoms with van der Waals surface area (Å²) in [6.07, 6.45) is 5.05. The van der Waals surface area contributed by atoms with E-state index in [4.69, 9.17) is 9.84 Å². The van der Waals surface area contributed by atoms with E-state index in [1.807, 2.05) is 31.6 Å². The van der Waals surface area contributed by atoms with Gasteiger partial charge in [0.15, 0.2) is 0 Å². The first-order valence-corrected chi connectivity index (χ1v) is 10.4. The lowest BCUT2D eigenvalue weighted by Gasteiger charge is -2.19. The SMILES string of the molecule is Cc1nc(-c2cn(CC3CC3CNC(=O)OC(C)(C)C)nc2C2CC2)ccc1F. The van der Waals surface area contributed by atoms with Crippen molar-refractivity contribution in [1.29, 1.82) is 0 Å². The van der Waals surface area contributed by atoms with E-state index < -0.39 is 5.60 Å². The molecule has 2 heterocycles. The number of pyridine rings is 1. The third kappa shape index (κ3) is 4.95. The predicted molar refractivity (Wildman–Crippen MR) is 108 cm³/mol. The van der Waals surface area contributed by atoms with E-state index in [9.17, 15) is 9.18 Å². The van der Waals surface area contributed by atoms with Crippen molar-refractivity contribution in [2.24, 2.45) is 11.8 Å². The van der Waals surface area contributed by atoms with Gasteiger partial charge in [-0.15, -0.1) is 0 Å². The van der Waals surface area contributed by atoms with Gasteiger partial charge in [0.1, 0.15) is 11.4 Å². The van der Waals surface area contributed by atoms with Gasteiger partial charge in [0.05, 0.1) is 17.1 Å². The highest BCUT2D eigenvalue weighted by Crippen LogP contribution is 2.44. The minimum absolute atomic E-state index is 0.285. The summed E-state index contributed by atoms with van der Waals surface area (Å²) in [4.78, 5) is 16.2. The molecule has 7 heteroatoms. The third-order valence-corrected chi connectivity index (χ3v) is 5.45. The fourth-order valence-corrected chi connectivity index (χ4v) is 3.63. The smallest absolute Gasteiger partial charge is 0.407 e. The van der Waals surface area contributed by atoms with Crippen LogP contribution in [-0.4, -0.2) is 33.0 Å². The van der Waals surface area contributed by atoms with Gasteiger partial charge < -0.3 is 10.1 Å². The van der Waals surface area contributed by atoms with E-state index in [0.29, 0.717) is 30.0 Å². The molecule has 0 radical (unpaired) electrons. The fraction of sp³-hybridized carbons (Fsp3) is 0.591. The predicted octanol–water partition coefficient (Wildman–Crippen LogP) is 4.43. The molecule has 2 aromatic heterocycles. The first-order chi connectivity index (χ1) is 13.7. The lowest BCUT2D eigenvalue weighted by atomic mass is 10.1. The second kappa shape index (κ2) is 7.43. The summed E-state index contributed by atoms with van der Waals surface area (Å²) in [7, 11) is 0. The van der Waals surface area contributed by atoms with Crippen molar-refractivity contribution in [3.63, 3.8) is 0 Å². The van der Waals surface area contributed by atoms with Crippen LogP contribution in [0.25, 0.3) is 11.3 Å². The molecule has 0 spiro atoms. The van der Waals surface area contributed by atoms with Crippen LogP contribution >= 0.6 is 0 Å². The minimum atomic E-state index is -0.482. The molecular formula is C22H29FN4O2. The summed E-state index contributed by atoms with van der Waals surface area (Å²) >= 11 is 0. The highest BCUT2D eigenvalue weighted by atomic mass is 19.1. The van der Waals surface area contributed by atoms with Crippen molar-refractivity contribution in [3.8, 4) is 11.3 Å². The number of carbonyl (C=O) groups is 1. The molecule has 0 saturated heterocycles. The van der Waals surface area contributed by atoms with Gasteiger partial charge in [-0.25, -0.2) is 14.2 Å². The van der Waals surface area contributed by atoms with E-state index in [-0.39, 0.29) is 11.9 Å². The van der Waals surface area contributed by atoms with Crippen LogP contribution in [-0.2, 0) is 11.3 Å². The van der Waals surface area contributed by atoms with E-state index in [0.717, 1.165) is 42.8 Å². The van der Waals surface area contributed by atoms with Crippen LogP contribution in [0.5, 0.6) is 0 Å². The summed E-state index contributed by atoms with van der Waals surface area (Å²) in [5.41, 5.74) is 2.81. The summed E-state index contributed by atoms with van der Waals surface area (Å²) < 4.78 is 20.9. The number of aromatic nitrogens is 3. The number of nitrogens with one attached hydrogen (secondary N) is 1. The van der Waals surface area contributed by atoms with E-state index in [2.05, 4.69) is 10.3 Å². The maximum Gasteiger partial charge on any atom is 0.407 e. The van der Waals surface area contributed by atoms with Crippen LogP contribution in [0.3, 0.4) is 0 Å². The molecule has 2 fully saturated rings. The van der Waals surface area contributed by atoms with Gasteiger partial charge >= 0.3 is 6.09 Å². The molecule has 2 unspecified atom stereocenters. The van der Waals surface area contributed by atoms with Crippen LogP contribution < -0.4 is 5.32 Å². The first kappa shape index (κ1) is 19.9. The van der Waals surface area contributed by atoms with Gasteiger partial charge in [-0.05, 0) is 70.9 Å². The molecule has 6 nitrogen and oxygen atoms in total. The Morgan fingerprint density at radius 2 is 2.07 bits per heavy atom. The maximum absolute atomic E-state index is 13.6. The number of alkyl carbamates (subject to hydrolysis) is 1. The number of ether oxygens (including phenoxy) is 1. The Kier molecular flexibility index (Phi) is 5.09. The Morgan fingerprint density at radius 1 is 1.31 bits per heavy atom. The largest absolute Gasteiger partial charge is 0.444 e. The van der Waals surface area contributed by atoms with E-state index >= 15 is 0 Å². The normalized spacial score (nSPS) is 21.1. The number of halogens is 1. The number of rotatable bonds is 6. The Labute approximate surface area is 170 Å². The van der Waals surface area contributed by atoms with Gasteiger partial charge in [0.25, 0.3) is 0 Å². The lowest BCUT2D eigenvalue weighted by Crippen LogP contribution is -2.33. The molecule has 2 aromatic rings. The molecule has 2 aliphatic carbocycles. The van der Waals surface area contributed by atoms with Gasteiger partial charge in [-0.2, -0.15) is 5.10 Å². The minimum Gasteiger partial charge on any atom is -0.444 e. The van der Waals surface area contributed by atoms with E-state index in [1.165, 1.54) is 6.07 Å². The highest BCUT2D eigenvalue weighted by Gasteiger charge is 2.38. The first-order valence-electron chi connectivity index (χ1n) is 10.4. The van der Waals surface area contributed by atoms with Gasteiger partial charge in [0, 0.05) is 30.8 Å². The third-order valence-electron chi connectivity index (χ3n) is 5.45. The Morgan fingerprint density at radius 3 is 2.72 bits per heavy atom. The van der Waals surface area contributed by atoms with Gasteiger partial charge in [0.2, 0.25) is 0 Å². The zero-order valence-corrected chi connectivity index (χ0v) is 17.5. The summed E-state index contributed by atoms with van der Waals surface area (Å²) in [6, 6.07) is 3.21. The summed E-state index contributed by atoms with van der Waals surface area (Å²) in [5, 5.41) is 7.69. The van der Waals surface area contributed by atoms with Crippen LogP contribution in [0.15, 0.2) is 18.3 Å². The average molecular weight is 400 g/mol. The second-order valence-electron chi connectivity index (χ2n) is 9.33. The average Bonchev–Trinajstić information content (AvgIpc) is 3.54. The van der Waals surface area contributed by atoms with Crippen LogP contribution in [0.1, 0.15) is 57.3 Å². The number of nitrogens with zero attached hydrogens (tertiary/aromatic N) is 3. The molecule has 0 bridgehead atoms. The molecule has 1 amide bonds. The number of hydrogen-bond donors (Lipinski definition) is 1. The highest BCUT2D eigenvalue weighted by molar-refractivity contribution is 5.67. The lowest BCUT2D eigenvalue weighted by molar-refractivity contribution is 0.0524. The fourth-order valence-electron chi connectivity index (χ4n) is 3.63. The molecule has 2 saturated carbocycles. The van der Waals surface area contributed by atoms with Crippen LogP contribution in [0, 0.1) is 24.6 Å². The Balaban J connectivity index is 1.38. The molecule has 1 N–H and O–H groups in total. The van der Waals surface area contributed by atoms with Crippen LogP contribution in [0.2, 0.25) is 0 Å². The molecule has 0 aliphatic heterocycles. The Hall–Kier alpha value is -2.44. The Bertz CT molecular complexity index is 914. The second-order valence-corrected chi connectivity index (χ2v) is 9.33. The van der Waals surface area contributed by atoms with Crippen molar-refractivity contribution in [1.82, 2.24) is 20.1 Å². The van der Waals surface area contributed by atoms with Crippen molar-refractivity contribution in [2.45, 2.75) is 65.0 Å². The van der Waals surface area contributed by atoms with Crippen molar-refractivity contribution in [3.05, 3.63) is 35.5 Å². The molecule has 4 rings (SSSR count). The quantitative estimate of drug-likeness (QED) is 0.779. The van der Waals surface area contributed by atoms with Crippen molar-refractivity contribution < 1.29 is 13.9 Å². The number of carbonyl (C=O) groups excluding carboxylic acids is 1. The summed E-state index contributed by atoms with van der Waals surface area (Å²) in [5.74, 6) is 1.15. The van der Waals surface area contributed by atoms with Gasteiger partial charge in [-0.1, -0.05) is 0 Å². The van der Waals surface area contributed by atoms with Gasteiger partial charge in [-0.3, -0.25) is 4.68 Å². The standard InChI is InChI=1S/C22H29FN4O2/c1-13-18(23)7-8-19(25-13)17-12-27(26-20(17)14-5-6-14)11-16-9-15(16)10-24-21(28)29-22(2,3)4/h7-8,12,14-16H,5-6,9-11H2,1-4H3,(H,24,28). The molecular weight excluding hydrogens is 371 g/mol. The molecule has 2 aliphatic rings. The zero-order chi connectivity index (χ0) is 20.8. The van der Waals surface area contributed by atoms with Crippen LogP contribution in [0.4, 0.5) is 9.18 Å². The van der Waals surface area contributed by atoms with Crippen molar-refractivity contribution in [2.75, 3.05) is 6.54 Å². The maximum atomic E-state index is 13.6. The molecule has 156 valence electrons. The molecule has 29 heavy (non-hydrogen) atoms. The van der Waals surface area contributed by atoms with Crippen molar-refractivity contribution >= 4 is 6.09 Å². The number of aryl methyl sites for hydroxylation is 1. The zero-order valence-electron chi connectivity index (χ0n) is 17.5. The molecule has 2 atom stereocenters. The van der Waals surface area contributed by atoms with E-state index in [1.54, 1.807) is 13.0 Å². The monoisotopic (exact) mass is 400 g/mol. The summed E-state index contributed by atoms with van der Waals surface area (Å²) in [6.45, 7) is 8.71. The number of amides is 1. The molecule has 0 aromatic carbocycles. The topological polar surface area (TPSA) is 69.0 Å².